The molecule has 2 atom stereocenters. The minimum atomic E-state index is 0.00395. The number of nitrogens with one attached hydrogen (secondary N) is 1. The van der Waals surface area contributed by atoms with E-state index in [9.17, 15) is 4.79 Å². The average Bonchev–Trinajstić information content (AvgIpc) is 3.19. The largest absolute Gasteiger partial charge is 0.321 e. The van der Waals surface area contributed by atoms with Gasteiger partial charge in [-0.1, -0.05) is 43.2 Å². The van der Waals surface area contributed by atoms with Gasteiger partial charge in [0.1, 0.15) is 6.17 Å². The minimum Gasteiger partial charge on any atom is -0.321 e. The first-order valence-electron chi connectivity index (χ1n) is 7.82. The van der Waals surface area contributed by atoms with Gasteiger partial charge in [0, 0.05) is 6.54 Å². The van der Waals surface area contributed by atoms with Crippen LogP contribution < -0.4 is 5.32 Å². The predicted molar refractivity (Wildman–Crippen MR) is 80.2 cm³/mol. The summed E-state index contributed by atoms with van der Waals surface area (Å²) in [6, 6.07) is 8.52. The second kappa shape index (κ2) is 5.57. The Kier molecular flexibility index (Phi) is 3.79. The van der Waals surface area contributed by atoms with Crippen molar-refractivity contribution in [1.29, 1.82) is 0 Å². The zero-order valence-electron chi connectivity index (χ0n) is 12.4. The van der Waals surface area contributed by atoms with E-state index < -0.39 is 0 Å². The maximum Gasteiger partial charge on any atom is 0.241 e. The summed E-state index contributed by atoms with van der Waals surface area (Å²) in [5.74, 6) is 1.03. The maximum atomic E-state index is 12.6. The van der Waals surface area contributed by atoms with Gasteiger partial charge in [-0.15, -0.1) is 0 Å². The quantitative estimate of drug-likeness (QED) is 0.893. The molecule has 1 aromatic carbocycles. The summed E-state index contributed by atoms with van der Waals surface area (Å²) in [5, 5.41) is 3.54. The number of amides is 1. The average molecular weight is 272 g/mol. The van der Waals surface area contributed by atoms with Crippen molar-refractivity contribution in [2.24, 2.45) is 5.92 Å². The van der Waals surface area contributed by atoms with Gasteiger partial charge in [-0.25, -0.2) is 0 Å². The van der Waals surface area contributed by atoms with E-state index in [1.807, 2.05) is 0 Å². The number of rotatable bonds is 5. The van der Waals surface area contributed by atoms with E-state index in [0.29, 0.717) is 5.91 Å². The number of aryl methyl sites for hydroxylation is 1. The zero-order valence-corrected chi connectivity index (χ0v) is 12.4. The van der Waals surface area contributed by atoms with Crippen LogP contribution in [0.25, 0.3) is 0 Å². The Balaban J connectivity index is 1.83. The molecule has 2 unspecified atom stereocenters. The van der Waals surface area contributed by atoms with Gasteiger partial charge in [0.25, 0.3) is 0 Å². The summed E-state index contributed by atoms with van der Waals surface area (Å²) in [4.78, 5) is 14.7. The standard InChI is InChI=1S/C17H24N2O/c1-3-5-15-17(20)19(11-13-8-9-13)16(18-15)14-7-4-6-12(2)10-14/h4,6-7,10,13,15-16,18H,3,5,8-9,11H2,1-2H3. The molecule has 1 heterocycles. The molecule has 1 aliphatic carbocycles. The van der Waals surface area contributed by atoms with Gasteiger partial charge in [0.2, 0.25) is 5.91 Å². The van der Waals surface area contributed by atoms with Crippen LogP contribution in [0.1, 0.15) is 49.9 Å². The van der Waals surface area contributed by atoms with E-state index in [1.54, 1.807) is 0 Å². The van der Waals surface area contributed by atoms with Crippen molar-refractivity contribution in [2.75, 3.05) is 6.54 Å². The Morgan fingerprint density at radius 3 is 2.80 bits per heavy atom. The third kappa shape index (κ3) is 2.73. The summed E-state index contributed by atoms with van der Waals surface area (Å²) in [5.41, 5.74) is 2.47. The van der Waals surface area contributed by atoms with Gasteiger partial charge < -0.3 is 4.90 Å². The lowest BCUT2D eigenvalue weighted by atomic mass is 10.1. The van der Waals surface area contributed by atoms with Crippen LogP contribution in [0.4, 0.5) is 0 Å². The molecular formula is C17H24N2O. The van der Waals surface area contributed by atoms with Crippen molar-refractivity contribution in [3.05, 3.63) is 35.4 Å². The van der Waals surface area contributed by atoms with Gasteiger partial charge >= 0.3 is 0 Å². The fraction of sp³-hybridized carbons (Fsp3) is 0.588. The van der Waals surface area contributed by atoms with Crippen LogP contribution in [0.3, 0.4) is 0 Å². The first-order chi connectivity index (χ1) is 9.69. The first kappa shape index (κ1) is 13.6. The molecule has 1 N–H and O–H groups in total. The van der Waals surface area contributed by atoms with E-state index in [0.717, 1.165) is 25.3 Å². The maximum absolute atomic E-state index is 12.6. The number of hydrogen-bond donors (Lipinski definition) is 1. The smallest absolute Gasteiger partial charge is 0.241 e. The lowest BCUT2D eigenvalue weighted by Crippen LogP contribution is -2.32. The van der Waals surface area contributed by atoms with Crippen LogP contribution in [-0.2, 0) is 4.79 Å². The molecule has 1 amide bonds. The molecule has 3 heteroatoms. The van der Waals surface area contributed by atoms with E-state index in [2.05, 4.69) is 48.3 Å². The van der Waals surface area contributed by atoms with Crippen LogP contribution in [0.5, 0.6) is 0 Å². The highest BCUT2D eigenvalue weighted by Gasteiger charge is 2.41. The highest BCUT2D eigenvalue weighted by molar-refractivity contribution is 5.84. The van der Waals surface area contributed by atoms with Gasteiger partial charge in [-0.05, 0) is 37.7 Å². The van der Waals surface area contributed by atoms with Crippen LogP contribution >= 0.6 is 0 Å². The number of hydrogen-bond acceptors (Lipinski definition) is 2. The molecule has 1 saturated heterocycles. The van der Waals surface area contributed by atoms with Crippen LogP contribution in [-0.4, -0.2) is 23.4 Å². The van der Waals surface area contributed by atoms with E-state index >= 15 is 0 Å². The van der Waals surface area contributed by atoms with Crippen LogP contribution in [0.15, 0.2) is 24.3 Å². The van der Waals surface area contributed by atoms with Gasteiger partial charge in [0.05, 0.1) is 6.04 Å². The molecule has 0 radical (unpaired) electrons. The Morgan fingerprint density at radius 2 is 2.15 bits per heavy atom. The summed E-state index contributed by atoms with van der Waals surface area (Å²) >= 11 is 0. The molecule has 3 nitrogen and oxygen atoms in total. The van der Waals surface area contributed by atoms with Gasteiger partial charge in [0.15, 0.2) is 0 Å². The van der Waals surface area contributed by atoms with Crippen molar-refractivity contribution >= 4 is 5.91 Å². The topological polar surface area (TPSA) is 32.3 Å². The Labute approximate surface area is 121 Å². The molecule has 20 heavy (non-hydrogen) atoms. The highest BCUT2D eigenvalue weighted by atomic mass is 16.2. The molecule has 0 spiro atoms. The minimum absolute atomic E-state index is 0.00395. The van der Waals surface area contributed by atoms with Crippen molar-refractivity contribution in [2.45, 2.75) is 51.7 Å². The molecule has 0 bridgehead atoms. The second-order valence-corrected chi connectivity index (χ2v) is 6.26. The van der Waals surface area contributed by atoms with Crippen LogP contribution in [0.2, 0.25) is 0 Å². The normalized spacial score (nSPS) is 26.3. The lowest BCUT2D eigenvalue weighted by molar-refractivity contribution is -0.130. The molecular weight excluding hydrogens is 248 g/mol. The molecule has 1 aliphatic heterocycles. The lowest BCUT2D eigenvalue weighted by Gasteiger charge is -2.24. The number of nitrogens with zero attached hydrogens (tertiary/aromatic N) is 1. The van der Waals surface area contributed by atoms with Gasteiger partial charge in [-0.2, -0.15) is 0 Å². The van der Waals surface area contributed by atoms with Crippen molar-refractivity contribution in [3.8, 4) is 0 Å². The Bertz CT molecular complexity index is 496. The van der Waals surface area contributed by atoms with Gasteiger partial charge in [-0.3, -0.25) is 10.1 Å². The molecule has 3 rings (SSSR count). The summed E-state index contributed by atoms with van der Waals surface area (Å²) in [6.45, 7) is 5.17. The third-order valence-electron chi connectivity index (χ3n) is 4.34. The Hall–Kier alpha value is -1.35. The SMILES string of the molecule is CCCC1NC(c2cccc(C)c2)N(CC2CC2)C1=O. The monoisotopic (exact) mass is 272 g/mol. The molecule has 2 aliphatic rings. The second-order valence-electron chi connectivity index (χ2n) is 6.26. The molecule has 1 aromatic rings. The highest BCUT2D eigenvalue weighted by Crippen LogP contribution is 2.35. The third-order valence-corrected chi connectivity index (χ3v) is 4.34. The van der Waals surface area contributed by atoms with Crippen molar-refractivity contribution in [3.63, 3.8) is 0 Å². The van der Waals surface area contributed by atoms with Crippen molar-refractivity contribution < 1.29 is 4.79 Å². The summed E-state index contributed by atoms with van der Waals surface area (Å²) in [7, 11) is 0. The van der Waals surface area contributed by atoms with Crippen LogP contribution in [0, 0.1) is 12.8 Å². The fourth-order valence-electron chi connectivity index (χ4n) is 3.07. The molecule has 108 valence electrons. The van der Waals surface area contributed by atoms with E-state index in [1.165, 1.54) is 24.0 Å². The Morgan fingerprint density at radius 1 is 1.35 bits per heavy atom. The number of benzene rings is 1. The molecule has 1 saturated carbocycles. The van der Waals surface area contributed by atoms with Crippen molar-refractivity contribution in [1.82, 2.24) is 10.2 Å². The number of carbonyl (C=O) groups excluding carboxylic acids is 1. The zero-order chi connectivity index (χ0) is 14.1. The predicted octanol–water partition coefficient (Wildman–Crippen LogP) is 3.00. The molecule has 2 fully saturated rings. The van der Waals surface area contributed by atoms with E-state index in [4.69, 9.17) is 0 Å². The molecule has 0 aromatic heterocycles. The van der Waals surface area contributed by atoms with E-state index in [-0.39, 0.29) is 12.2 Å². The number of carbonyl (C=O) groups is 1. The first-order valence-corrected chi connectivity index (χ1v) is 7.82. The summed E-state index contributed by atoms with van der Waals surface area (Å²) < 4.78 is 0. The summed E-state index contributed by atoms with van der Waals surface area (Å²) in [6.07, 6.45) is 4.61. The fourth-order valence-corrected chi connectivity index (χ4v) is 3.07.